The third-order valence-electron chi connectivity index (χ3n) is 1.93. The van der Waals surface area contributed by atoms with E-state index in [2.05, 4.69) is 0 Å². The third-order valence-corrected chi connectivity index (χ3v) is 2.29. The van der Waals surface area contributed by atoms with Gasteiger partial charge in [0, 0.05) is 11.4 Å². The molecule has 4 heteroatoms. The lowest BCUT2D eigenvalue weighted by Crippen LogP contribution is -2.32. The second kappa shape index (κ2) is 3.96. The van der Waals surface area contributed by atoms with E-state index in [1.165, 1.54) is 0 Å². The van der Waals surface area contributed by atoms with Crippen molar-refractivity contribution in [2.24, 2.45) is 0 Å². The van der Waals surface area contributed by atoms with Gasteiger partial charge in [-0.15, -0.1) is 0 Å². The fourth-order valence-electron chi connectivity index (χ4n) is 1.08. The molecule has 0 heterocycles. The van der Waals surface area contributed by atoms with Gasteiger partial charge in [-0.25, -0.2) is 9.18 Å². The van der Waals surface area contributed by atoms with E-state index in [4.69, 9.17) is 16.7 Å². The van der Waals surface area contributed by atoms with Gasteiger partial charge in [0.2, 0.25) is 5.67 Å². The Labute approximate surface area is 86.3 Å². The van der Waals surface area contributed by atoms with Crippen LogP contribution in [0.1, 0.15) is 12.5 Å². The fourth-order valence-corrected chi connectivity index (χ4v) is 1.28. The molecule has 1 aromatic carbocycles. The molecule has 0 aromatic heterocycles. The minimum atomic E-state index is -2.27. The van der Waals surface area contributed by atoms with Crippen molar-refractivity contribution < 1.29 is 14.3 Å². The quantitative estimate of drug-likeness (QED) is 0.844. The van der Waals surface area contributed by atoms with Crippen LogP contribution in [0.3, 0.4) is 0 Å². The molecule has 1 rings (SSSR count). The van der Waals surface area contributed by atoms with Crippen molar-refractivity contribution in [2.75, 3.05) is 0 Å². The number of hydrogen-bond acceptors (Lipinski definition) is 1. The molecule has 0 aliphatic heterocycles. The topological polar surface area (TPSA) is 37.3 Å². The number of aliphatic carboxylic acids is 1. The average molecular weight is 217 g/mol. The van der Waals surface area contributed by atoms with E-state index in [0.29, 0.717) is 10.6 Å². The first kappa shape index (κ1) is 11.0. The Kier molecular flexibility index (Phi) is 3.11. The molecule has 0 amide bonds. The van der Waals surface area contributed by atoms with E-state index in [9.17, 15) is 9.18 Å². The molecule has 2 nitrogen and oxygen atoms in total. The maximum Gasteiger partial charge on any atom is 0.341 e. The Hall–Kier alpha value is -1.09. The molecule has 1 unspecified atom stereocenters. The van der Waals surface area contributed by atoms with Crippen molar-refractivity contribution >= 4 is 17.6 Å². The fraction of sp³-hybridized carbons (Fsp3) is 0.300. The monoisotopic (exact) mass is 216 g/mol. The van der Waals surface area contributed by atoms with E-state index in [0.717, 1.165) is 6.92 Å². The standard InChI is InChI=1S/C10H10ClFO2/c1-10(12,9(13)14)6-7-4-2-3-5-8(7)11/h2-5H,6H2,1H3,(H,13,14). The summed E-state index contributed by atoms with van der Waals surface area (Å²) >= 11 is 5.78. The van der Waals surface area contributed by atoms with Gasteiger partial charge in [-0.1, -0.05) is 29.8 Å². The van der Waals surface area contributed by atoms with Crippen LogP contribution in [0.5, 0.6) is 0 Å². The molecule has 0 fully saturated rings. The average Bonchev–Trinajstić information content (AvgIpc) is 2.08. The number of alkyl halides is 1. The van der Waals surface area contributed by atoms with Crippen LogP contribution in [-0.4, -0.2) is 16.7 Å². The summed E-state index contributed by atoms with van der Waals surface area (Å²) in [6.45, 7) is 1.03. The Balaban J connectivity index is 2.89. The van der Waals surface area contributed by atoms with Crippen molar-refractivity contribution in [1.29, 1.82) is 0 Å². The highest BCUT2D eigenvalue weighted by molar-refractivity contribution is 6.31. The molecule has 0 bridgehead atoms. The summed E-state index contributed by atoms with van der Waals surface area (Å²) in [6, 6.07) is 6.62. The van der Waals surface area contributed by atoms with E-state index in [1.807, 2.05) is 0 Å². The summed E-state index contributed by atoms with van der Waals surface area (Å²) < 4.78 is 13.4. The number of rotatable bonds is 3. The summed E-state index contributed by atoms with van der Waals surface area (Å²) in [7, 11) is 0. The van der Waals surface area contributed by atoms with Crippen molar-refractivity contribution in [3.63, 3.8) is 0 Å². The minimum Gasteiger partial charge on any atom is -0.479 e. The van der Waals surface area contributed by atoms with Gasteiger partial charge in [-0.05, 0) is 18.6 Å². The van der Waals surface area contributed by atoms with Gasteiger partial charge in [0.25, 0.3) is 0 Å². The maximum atomic E-state index is 13.4. The second-order valence-corrected chi connectivity index (χ2v) is 3.68. The van der Waals surface area contributed by atoms with E-state index in [-0.39, 0.29) is 6.42 Å². The van der Waals surface area contributed by atoms with Crippen LogP contribution in [0.2, 0.25) is 5.02 Å². The summed E-state index contributed by atoms with van der Waals surface area (Å²) in [5, 5.41) is 8.96. The zero-order valence-electron chi connectivity index (χ0n) is 7.63. The molecule has 76 valence electrons. The number of halogens is 2. The molecular formula is C10H10ClFO2. The van der Waals surface area contributed by atoms with Crippen LogP contribution in [0.4, 0.5) is 4.39 Å². The van der Waals surface area contributed by atoms with Gasteiger partial charge < -0.3 is 5.11 Å². The Morgan fingerprint density at radius 2 is 2.14 bits per heavy atom. The van der Waals surface area contributed by atoms with Crippen molar-refractivity contribution in [3.05, 3.63) is 34.9 Å². The molecule has 1 N–H and O–H groups in total. The molecule has 14 heavy (non-hydrogen) atoms. The third kappa shape index (κ3) is 2.45. The maximum absolute atomic E-state index is 13.4. The van der Waals surface area contributed by atoms with Crippen molar-refractivity contribution in [1.82, 2.24) is 0 Å². The van der Waals surface area contributed by atoms with Gasteiger partial charge in [-0.3, -0.25) is 0 Å². The molecule has 0 spiro atoms. The SMILES string of the molecule is CC(F)(Cc1ccccc1Cl)C(=O)O. The largest absolute Gasteiger partial charge is 0.479 e. The predicted octanol–water partition coefficient (Wildman–Crippen LogP) is 2.70. The van der Waals surface area contributed by atoms with Crippen LogP contribution in [0, 0.1) is 0 Å². The van der Waals surface area contributed by atoms with Gasteiger partial charge in [0.15, 0.2) is 0 Å². The van der Waals surface area contributed by atoms with Crippen LogP contribution >= 0.6 is 11.6 Å². The summed E-state index contributed by atoms with van der Waals surface area (Å²) in [5.41, 5.74) is -1.77. The lowest BCUT2D eigenvalue weighted by molar-refractivity contribution is -0.149. The molecule has 0 saturated carbocycles. The number of carboxylic acid groups (broad SMARTS) is 1. The van der Waals surface area contributed by atoms with Gasteiger partial charge in [-0.2, -0.15) is 0 Å². The summed E-state index contributed by atoms with van der Waals surface area (Å²) in [5.74, 6) is -1.47. The number of carboxylic acids is 1. The van der Waals surface area contributed by atoms with Crippen LogP contribution in [0.15, 0.2) is 24.3 Å². The first-order valence-corrected chi connectivity index (χ1v) is 4.47. The lowest BCUT2D eigenvalue weighted by Gasteiger charge is -2.15. The van der Waals surface area contributed by atoms with Crippen LogP contribution in [-0.2, 0) is 11.2 Å². The number of hydrogen-bond donors (Lipinski definition) is 1. The smallest absolute Gasteiger partial charge is 0.341 e. The highest BCUT2D eigenvalue weighted by atomic mass is 35.5. The molecule has 0 radical (unpaired) electrons. The summed E-state index contributed by atoms with van der Waals surface area (Å²) in [6.07, 6.45) is -0.220. The Morgan fingerprint density at radius 1 is 1.57 bits per heavy atom. The highest BCUT2D eigenvalue weighted by Gasteiger charge is 2.33. The molecule has 0 saturated heterocycles. The highest BCUT2D eigenvalue weighted by Crippen LogP contribution is 2.23. The van der Waals surface area contributed by atoms with Crippen molar-refractivity contribution in [2.45, 2.75) is 19.0 Å². The minimum absolute atomic E-state index is 0.220. The van der Waals surface area contributed by atoms with E-state index < -0.39 is 11.6 Å². The van der Waals surface area contributed by atoms with Crippen LogP contribution < -0.4 is 0 Å². The van der Waals surface area contributed by atoms with Gasteiger partial charge >= 0.3 is 5.97 Å². The summed E-state index contributed by atoms with van der Waals surface area (Å²) in [4.78, 5) is 10.5. The molecule has 0 aliphatic rings. The predicted molar refractivity (Wildman–Crippen MR) is 52.3 cm³/mol. The van der Waals surface area contributed by atoms with Crippen LogP contribution in [0.25, 0.3) is 0 Å². The normalized spacial score (nSPS) is 14.8. The zero-order chi connectivity index (χ0) is 10.8. The van der Waals surface area contributed by atoms with E-state index in [1.54, 1.807) is 24.3 Å². The molecule has 1 aromatic rings. The number of benzene rings is 1. The van der Waals surface area contributed by atoms with Gasteiger partial charge in [0.1, 0.15) is 0 Å². The first-order valence-electron chi connectivity index (χ1n) is 4.09. The first-order chi connectivity index (χ1) is 6.43. The zero-order valence-corrected chi connectivity index (χ0v) is 8.38. The molecular weight excluding hydrogens is 207 g/mol. The molecule has 1 atom stereocenters. The lowest BCUT2D eigenvalue weighted by atomic mass is 9.98. The molecule has 0 aliphatic carbocycles. The number of carbonyl (C=O) groups is 1. The van der Waals surface area contributed by atoms with Gasteiger partial charge in [0.05, 0.1) is 0 Å². The second-order valence-electron chi connectivity index (χ2n) is 3.27. The Bertz CT molecular complexity index is 350. The Morgan fingerprint density at radius 3 is 2.64 bits per heavy atom. The van der Waals surface area contributed by atoms with Crippen molar-refractivity contribution in [3.8, 4) is 0 Å². The van der Waals surface area contributed by atoms with E-state index >= 15 is 0 Å².